The standard InChI is InChI=1S/C22H21N3O7/c1-14(2)24-22(27)16(12-23)10-15-8-9-19(20(11-15)30-3)32-21(26)13-31-18-7-5-4-6-17(18)25(28)29/h4-11,14H,13H2,1-3H3,(H,24,27)/b16-10+. The molecule has 10 nitrogen and oxygen atoms in total. The van der Waals surface area contributed by atoms with Crippen molar-refractivity contribution in [2.75, 3.05) is 13.7 Å². The number of para-hydroxylation sites is 2. The Hall–Kier alpha value is -4.39. The molecule has 1 N–H and O–H groups in total. The van der Waals surface area contributed by atoms with Crippen molar-refractivity contribution >= 4 is 23.6 Å². The van der Waals surface area contributed by atoms with Crippen molar-refractivity contribution in [1.29, 1.82) is 5.26 Å². The fraction of sp³-hybridized carbons (Fsp3) is 0.227. The molecule has 10 heteroatoms. The van der Waals surface area contributed by atoms with E-state index in [1.165, 1.54) is 49.6 Å². The van der Waals surface area contributed by atoms with Crippen molar-refractivity contribution in [2.24, 2.45) is 0 Å². The zero-order chi connectivity index (χ0) is 23.7. The van der Waals surface area contributed by atoms with Crippen LogP contribution in [0.5, 0.6) is 17.2 Å². The third kappa shape index (κ3) is 6.56. The van der Waals surface area contributed by atoms with Crippen LogP contribution >= 0.6 is 0 Å². The SMILES string of the molecule is COc1cc(/C=C(\C#N)C(=O)NC(C)C)ccc1OC(=O)COc1ccccc1[N+](=O)[O-]. The Morgan fingerprint density at radius 3 is 2.53 bits per heavy atom. The van der Waals surface area contributed by atoms with Crippen LogP contribution in [0, 0.1) is 21.4 Å². The number of methoxy groups -OCH3 is 1. The lowest BCUT2D eigenvalue weighted by atomic mass is 10.1. The highest BCUT2D eigenvalue weighted by Crippen LogP contribution is 2.30. The van der Waals surface area contributed by atoms with Gasteiger partial charge in [0, 0.05) is 12.1 Å². The van der Waals surface area contributed by atoms with Crippen molar-refractivity contribution in [3.05, 3.63) is 63.7 Å². The second-order valence-electron chi connectivity index (χ2n) is 6.70. The third-order valence-corrected chi connectivity index (χ3v) is 3.91. The van der Waals surface area contributed by atoms with E-state index >= 15 is 0 Å². The number of nitriles is 1. The summed E-state index contributed by atoms with van der Waals surface area (Å²) in [6, 6.07) is 11.8. The molecule has 32 heavy (non-hydrogen) atoms. The topological polar surface area (TPSA) is 141 Å². The van der Waals surface area contributed by atoms with E-state index in [9.17, 15) is 25.0 Å². The van der Waals surface area contributed by atoms with Crippen LogP contribution in [0.2, 0.25) is 0 Å². The first-order chi connectivity index (χ1) is 15.2. The number of carbonyl (C=O) groups excluding carboxylic acids is 2. The van der Waals surface area contributed by atoms with Gasteiger partial charge < -0.3 is 19.5 Å². The average Bonchev–Trinajstić information content (AvgIpc) is 2.76. The molecule has 0 aromatic heterocycles. The van der Waals surface area contributed by atoms with Crippen LogP contribution in [-0.2, 0) is 9.59 Å². The number of hydrogen-bond donors (Lipinski definition) is 1. The fourth-order valence-corrected chi connectivity index (χ4v) is 2.53. The molecule has 2 aromatic rings. The molecule has 0 saturated heterocycles. The summed E-state index contributed by atoms with van der Waals surface area (Å²) in [6.07, 6.45) is 1.38. The van der Waals surface area contributed by atoms with Gasteiger partial charge >= 0.3 is 11.7 Å². The minimum absolute atomic E-state index is 0.0643. The Bertz CT molecular complexity index is 1090. The van der Waals surface area contributed by atoms with Gasteiger partial charge in [-0.3, -0.25) is 14.9 Å². The van der Waals surface area contributed by atoms with Gasteiger partial charge in [-0.05, 0) is 43.7 Å². The number of amides is 1. The second kappa shape index (κ2) is 11.1. The maximum atomic E-state index is 12.2. The highest BCUT2D eigenvalue weighted by atomic mass is 16.6. The predicted molar refractivity (Wildman–Crippen MR) is 114 cm³/mol. The molecule has 0 aliphatic carbocycles. The van der Waals surface area contributed by atoms with Gasteiger partial charge in [0.05, 0.1) is 12.0 Å². The van der Waals surface area contributed by atoms with Crippen LogP contribution in [0.3, 0.4) is 0 Å². The number of nitro groups is 1. The lowest BCUT2D eigenvalue weighted by molar-refractivity contribution is -0.385. The van der Waals surface area contributed by atoms with Crippen LogP contribution in [0.4, 0.5) is 5.69 Å². The summed E-state index contributed by atoms with van der Waals surface area (Å²) in [5.74, 6) is -1.13. The summed E-state index contributed by atoms with van der Waals surface area (Å²) >= 11 is 0. The maximum Gasteiger partial charge on any atom is 0.349 e. The molecular weight excluding hydrogens is 418 g/mol. The first-order valence-electron chi connectivity index (χ1n) is 9.42. The maximum absolute atomic E-state index is 12.2. The normalized spacial score (nSPS) is 10.8. The van der Waals surface area contributed by atoms with Gasteiger partial charge in [0.1, 0.15) is 11.6 Å². The van der Waals surface area contributed by atoms with Gasteiger partial charge in [-0.2, -0.15) is 5.26 Å². The molecule has 0 spiro atoms. The molecule has 0 heterocycles. The molecule has 2 rings (SSSR count). The smallest absolute Gasteiger partial charge is 0.349 e. The summed E-state index contributed by atoms with van der Waals surface area (Å²) < 4.78 is 15.6. The Balaban J connectivity index is 2.12. The first kappa shape index (κ1) is 23.9. The lowest BCUT2D eigenvalue weighted by Crippen LogP contribution is -2.30. The quantitative estimate of drug-likeness (QED) is 0.157. The highest BCUT2D eigenvalue weighted by molar-refractivity contribution is 6.01. The molecule has 0 aliphatic heterocycles. The second-order valence-corrected chi connectivity index (χ2v) is 6.70. The van der Waals surface area contributed by atoms with E-state index in [4.69, 9.17) is 14.2 Å². The fourth-order valence-electron chi connectivity index (χ4n) is 2.53. The number of benzene rings is 2. The number of nitrogens with one attached hydrogen (secondary N) is 1. The van der Waals surface area contributed by atoms with Crippen molar-refractivity contribution < 1.29 is 28.7 Å². The van der Waals surface area contributed by atoms with Crippen LogP contribution < -0.4 is 19.5 Å². The summed E-state index contributed by atoms with van der Waals surface area (Å²) in [4.78, 5) is 34.6. The highest BCUT2D eigenvalue weighted by Gasteiger charge is 2.17. The molecule has 1 amide bonds. The summed E-state index contributed by atoms with van der Waals surface area (Å²) in [5.41, 5.74) is 0.112. The van der Waals surface area contributed by atoms with Crippen molar-refractivity contribution in [3.63, 3.8) is 0 Å². The zero-order valence-corrected chi connectivity index (χ0v) is 17.7. The molecule has 0 bridgehead atoms. The number of carbonyl (C=O) groups is 2. The van der Waals surface area contributed by atoms with Crippen LogP contribution in [0.15, 0.2) is 48.0 Å². The molecule has 2 aromatic carbocycles. The van der Waals surface area contributed by atoms with E-state index in [0.717, 1.165) is 0 Å². The van der Waals surface area contributed by atoms with Crippen LogP contribution in [-0.4, -0.2) is 36.6 Å². The van der Waals surface area contributed by atoms with Crippen molar-refractivity contribution in [3.8, 4) is 23.3 Å². The Kier molecular flexibility index (Phi) is 8.30. The van der Waals surface area contributed by atoms with E-state index in [1.807, 2.05) is 6.07 Å². The Labute approximate surface area is 184 Å². The monoisotopic (exact) mass is 439 g/mol. The van der Waals surface area contributed by atoms with Gasteiger partial charge in [-0.15, -0.1) is 0 Å². The van der Waals surface area contributed by atoms with Gasteiger partial charge in [-0.1, -0.05) is 18.2 Å². The van der Waals surface area contributed by atoms with E-state index in [0.29, 0.717) is 5.56 Å². The number of nitrogens with zero attached hydrogens (tertiary/aromatic N) is 2. The average molecular weight is 439 g/mol. The van der Waals surface area contributed by atoms with Crippen molar-refractivity contribution in [2.45, 2.75) is 19.9 Å². The molecule has 0 radical (unpaired) electrons. The number of hydrogen-bond acceptors (Lipinski definition) is 8. The summed E-state index contributed by atoms with van der Waals surface area (Å²) in [7, 11) is 1.36. The number of esters is 1. The molecule has 0 unspecified atom stereocenters. The minimum Gasteiger partial charge on any atom is -0.493 e. The van der Waals surface area contributed by atoms with Crippen LogP contribution in [0.1, 0.15) is 19.4 Å². The molecule has 0 atom stereocenters. The minimum atomic E-state index is -0.807. The van der Waals surface area contributed by atoms with Crippen LogP contribution in [0.25, 0.3) is 6.08 Å². The molecule has 0 aliphatic rings. The number of ether oxygens (including phenoxy) is 3. The van der Waals surface area contributed by atoms with Gasteiger partial charge in [0.25, 0.3) is 5.91 Å². The molecular formula is C22H21N3O7. The zero-order valence-electron chi connectivity index (χ0n) is 17.7. The summed E-state index contributed by atoms with van der Waals surface area (Å²) in [5, 5.41) is 22.9. The largest absolute Gasteiger partial charge is 0.493 e. The number of nitro benzene ring substituents is 1. The number of rotatable bonds is 9. The Morgan fingerprint density at radius 2 is 1.91 bits per heavy atom. The molecule has 166 valence electrons. The van der Waals surface area contributed by atoms with E-state index < -0.39 is 23.4 Å². The molecule has 0 saturated carbocycles. The van der Waals surface area contributed by atoms with Crippen molar-refractivity contribution in [1.82, 2.24) is 5.32 Å². The molecule has 0 fully saturated rings. The lowest BCUT2D eigenvalue weighted by Gasteiger charge is -2.11. The predicted octanol–water partition coefficient (Wildman–Crippen LogP) is 3.02. The van der Waals surface area contributed by atoms with Gasteiger partial charge in [-0.25, -0.2) is 4.79 Å². The third-order valence-electron chi connectivity index (χ3n) is 3.91. The van der Waals surface area contributed by atoms with E-state index in [1.54, 1.807) is 19.9 Å². The summed E-state index contributed by atoms with van der Waals surface area (Å²) in [6.45, 7) is 2.99. The van der Waals surface area contributed by atoms with E-state index in [2.05, 4.69) is 5.32 Å². The Morgan fingerprint density at radius 1 is 1.19 bits per heavy atom. The van der Waals surface area contributed by atoms with Gasteiger partial charge in [0.15, 0.2) is 23.9 Å². The van der Waals surface area contributed by atoms with E-state index in [-0.39, 0.29) is 34.6 Å². The van der Waals surface area contributed by atoms with Gasteiger partial charge in [0.2, 0.25) is 0 Å². The first-order valence-corrected chi connectivity index (χ1v) is 9.42.